The van der Waals surface area contributed by atoms with Gasteiger partial charge in [0.05, 0.1) is 21.8 Å². The zero-order valence-electron chi connectivity index (χ0n) is 9.91. The molecular formula is C13H7BrN2O2S2. The van der Waals surface area contributed by atoms with Crippen LogP contribution in [-0.2, 0) is 0 Å². The van der Waals surface area contributed by atoms with Crippen LogP contribution in [0.2, 0.25) is 0 Å². The molecule has 20 heavy (non-hydrogen) atoms. The Morgan fingerprint density at radius 2 is 2.05 bits per heavy atom. The monoisotopic (exact) mass is 366 g/mol. The van der Waals surface area contributed by atoms with Gasteiger partial charge < -0.3 is 5.11 Å². The highest BCUT2D eigenvalue weighted by atomic mass is 79.9. The fraction of sp³-hybridized carbons (Fsp3) is 0. The largest absolute Gasteiger partial charge is 0.478 e. The number of aromatic carboxylic acids is 1. The minimum atomic E-state index is -0.965. The highest BCUT2D eigenvalue weighted by Crippen LogP contribution is 2.33. The molecule has 0 fully saturated rings. The highest BCUT2D eigenvalue weighted by Gasteiger charge is 2.11. The molecule has 0 amide bonds. The lowest BCUT2D eigenvalue weighted by Crippen LogP contribution is -1.97. The van der Waals surface area contributed by atoms with Gasteiger partial charge in [-0.1, -0.05) is 0 Å². The van der Waals surface area contributed by atoms with Gasteiger partial charge in [-0.15, -0.1) is 22.7 Å². The molecule has 4 nitrogen and oxygen atoms in total. The second-order valence-corrected chi connectivity index (χ2v) is 6.59. The van der Waals surface area contributed by atoms with Crippen LogP contribution < -0.4 is 0 Å². The van der Waals surface area contributed by atoms with Crippen LogP contribution in [0.25, 0.3) is 21.3 Å². The molecule has 3 aromatic heterocycles. The van der Waals surface area contributed by atoms with Gasteiger partial charge in [-0.3, -0.25) is 4.98 Å². The molecule has 0 saturated carbocycles. The molecule has 100 valence electrons. The normalized spacial score (nSPS) is 10.7. The Morgan fingerprint density at radius 3 is 2.75 bits per heavy atom. The van der Waals surface area contributed by atoms with Gasteiger partial charge in [0.15, 0.2) is 0 Å². The van der Waals surface area contributed by atoms with Crippen molar-refractivity contribution < 1.29 is 9.90 Å². The summed E-state index contributed by atoms with van der Waals surface area (Å²) >= 11 is 6.47. The van der Waals surface area contributed by atoms with Gasteiger partial charge in [0.25, 0.3) is 0 Å². The Bertz CT molecular complexity index is 782. The van der Waals surface area contributed by atoms with Crippen molar-refractivity contribution in [2.45, 2.75) is 0 Å². The van der Waals surface area contributed by atoms with Gasteiger partial charge in [0, 0.05) is 21.4 Å². The predicted molar refractivity (Wildman–Crippen MR) is 83.3 cm³/mol. The molecule has 1 N–H and O–H groups in total. The summed E-state index contributed by atoms with van der Waals surface area (Å²) in [5.41, 5.74) is 1.67. The number of aromatic nitrogens is 2. The average molecular weight is 367 g/mol. The summed E-state index contributed by atoms with van der Waals surface area (Å²) in [7, 11) is 0. The third kappa shape index (κ3) is 2.65. The number of rotatable bonds is 3. The second kappa shape index (κ2) is 5.43. The third-order valence-corrected chi connectivity index (χ3v) is 5.13. The van der Waals surface area contributed by atoms with Crippen LogP contribution in [0.4, 0.5) is 0 Å². The van der Waals surface area contributed by atoms with Crippen molar-refractivity contribution in [2.75, 3.05) is 0 Å². The van der Waals surface area contributed by atoms with Gasteiger partial charge in [-0.05, 0) is 34.1 Å². The fourth-order valence-electron chi connectivity index (χ4n) is 1.63. The van der Waals surface area contributed by atoms with E-state index in [9.17, 15) is 4.79 Å². The van der Waals surface area contributed by atoms with Crippen LogP contribution in [0.3, 0.4) is 0 Å². The fourth-order valence-corrected chi connectivity index (χ4v) is 3.88. The number of nitrogens with zero attached hydrogens (tertiary/aromatic N) is 2. The quantitative estimate of drug-likeness (QED) is 0.746. The first-order chi connectivity index (χ1) is 9.63. The topological polar surface area (TPSA) is 63.1 Å². The molecule has 0 bridgehead atoms. The number of carbonyl (C=O) groups is 1. The number of carboxylic acids is 1. The summed E-state index contributed by atoms with van der Waals surface area (Å²) in [5, 5.41) is 13.7. The summed E-state index contributed by atoms with van der Waals surface area (Å²) in [6.07, 6.45) is 1.49. The van der Waals surface area contributed by atoms with Crippen LogP contribution in [0.1, 0.15) is 10.4 Å². The van der Waals surface area contributed by atoms with E-state index in [4.69, 9.17) is 5.11 Å². The maximum Gasteiger partial charge on any atom is 0.335 e. The molecule has 0 unspecified atom stereocenters. The molecule has 7 heteroatoms. The van der Waals surface area contributed by atoms with E-state index in [-0.39, 0.29) is 5.56 Å². The molecule has 0 spiro atoms. The summed E-state index contributed by atoms with van der Waals surface area (Å²) in [4.78, 5) is 20.7. The molecule has 0 atom stereocenters. The van der Waals surface area contributed by atoms with Crippen LogP contribution >= 0.6 is 38.6 Å². The number of thiazole rings is 1. The Morgan fingerprint density at radius 1 is 1.20 bits per heavy atom. The van der Waals surface area contributed by atoms with Crippen LogP contribution in [-0.4, -0.2) is 21.0 Å². The molecule has 3 heterocycles. The molecule has 0 aliphatic rings. The molecule has 0 radical (unpaired) electrons. The van der Waals surface area contributed by atoms with E-state index in [1.165, 1.54) is 29.7 Å². The Kier molecular flexibility index (Phi) is 3.64. The highest BCUT2D eigenvalue weighted by molar-refractivity contribution is 9.10. The maximum atomic E-state index is 11.0. The van der Waals surface area contributed by atoms with Gasteiger partial charge in [0.2, 0.25) is 0 Å². The second-order valence-electron chi connectivity index (χ2n) is 3.90. The van der Waals surface area contributed by atoms with E-state index >= 15 is 0 Å². The smallest absolute Gasteiger partial charge is 0.335 e. The van der Waals surface area contributed by atoms with E-state index in [1.807, 2.05) is 16.8 Å². The van der Waals surface area contributed by atoms with Crippen molar-refractivity contribution in [3.8, 4) is 21.3 Å². The molecule has 3 aromatic rings. The van der Waals surface area contributed by atoms with E-state index in [2.05, 4.69) is 25.9 Å². The molecule has 0 saturated heterocycles. The standard InChI is InChI=1S/C13H7BrN2O2S2/c14-8-4-11(19-5-8)10-6-20-12(16-10)9-3-7(13(17)18)1-2-15-9/h1-6H,(H,17,18). The maximum absolute atomic E-state index is 11.0. The first-order valence-electron chi connectivity index (χ1n) is 5.53. The van der Waals surface area contributed by atoms with Crippen molar-refractivity contribution in [1.29, 1.82) is 0 Å². The van der Waals surface area contributed by atoms with Gasteiger partial charge in [-0.25, -0.2) is 9.78 Å². The lowest BCUT2D eigenvalue weighted by Gasteiger charge is -1.97. The SMILES string of the molecule is O=C(O)c1ccnc(-c2nc(-c3cc(Br)cs3)cs2)c1. The van der Waals surface area contributed by atoms with Crippen LogP contribution in [0.5, 0.6) is 0 Å². The number of thiophene rings is 1. The van der Waals surface area contributed by atoms with Crippen LogP contribution in [0, 0.1) is 0 Å². The van der Waals surface area contributed by atoms with Crippen molar-refractivity contribution in [3.63, 3.8) is 0 Å². The van der Waals surface area contributed by atoms with Crippen molar-refractivity contribution in [2.24, 2.45) is 0 Å². The van der Waals surface area contributed by atoms with Gasteiger partial charge >= 0.3 is 5.97 Å². The van der Waals surface area contributed by atoms with E-state index in [0.717, 1.165) is 15.0 Å². The lowest BCUT2D eigenvalue weighted by molar-refractivity contribution is 0.0697. The molecule has 0 aromatic carbocycles. The molecule has 0 aliphatic heterocycles. The van der Waals surface area contributed by atoms with Crippen molar-refractivity contribution in [3.05, 3.63) is 45.2 Å². The first kappa shape index (κ1) is 13.4. The summed E-state index contributed by atoms with van der Waals surface area (Å²) in [6.45, 7) is 0. The van der Waals surface area contributed by atoms with Crippen molar-refractivity contribution >= 4 is 44.6 Å². The van der Waals surface area contributed by atoms with E-state index in [1.54, 1.807) is 11.3 Å². The van der Waals surface area contributed by atoms with Gasteiger partial charge in [-0.2, -0.15) is 0 Å². The van der Waals surface area contributed by atoms with Crippen LogP contribution in [0.15, 0.2) is 39.6 Å². The molecular weight excluding hydrogens is 360 g/mol. The van der Waals surface area contributed by atoms with E-state index < -0.39 is 5.97 Å². The molecule has 3 rings (SSSR count). The first-order valence-corrected chi connectivity index (χ1v) is 8.08. The number of hydrogen-bond acceptors (Lipinski definition) is 5. The Balaban J connectivity index is 1.98. The predicted octanol–water partition coefficient (Wildman–Crippen LogP) is 4.39. The zero-order chi connectivity index (χ0) is 14.1. The van der Waals surface area contributed by atoms with E-state index in [0.29, 0.717) is 10.7 Å². The number of pyridine rings is 1. The summed E-state index contributed by atoms with van der Waals surface area (Å²) in [5.74, 6) is -0.965. The lowest BCUT2D eigenvalue weighted by atomic mass is 10.2. The number of hydrogen-bond donors (Lipinski definition) is 1. The minimum Gasteiger partial charge on any atom is -0.478 e. The Hall–Kier alpha value is -1.57. The number of halogens is 1. The number of carboxylic acid groups (broad SMARTS) is 1. The minimum absolute atomic E-state index is 0.214. The third-order valence-electron chi connectivity index (χ3n) is 2.55. The Labute approximate surface area is 130 Å². The molecule has 0 aliphatic carbocycles. The zero-order valence-corrected chi connectivity index (χ0v) is 13.1. The summed E-state index contributed by atoms with van der Waals surface area (Å²) in [6, 6.07) is 5.01. The summed E-state index contributed by atoms with van der Waals surface area (Å²) < 4.78 is 1.03. The van der Waals surface area contributed by atoms with Crippen molar-refractivity contribution in [1.82, 2.24) is 9.97 Å². The van der Waals surface area contributed by atoms with Gasteiger partial charge in [0.1, 0.15) is 5.01 Å². The average Bonchev–Trinajstić information content (AvgIpc) is 3.07.